The number of hydrogen-bond donors (Lipinski definition) is 0. The van der Waals surface area contributed by atoms with Gasteiger partial charge in [-0.15, -0.1) is 0 Å². The molecule has 0 saturated carbocycles. The minimum atomic E-state index is -0.112. The van der Waals surface area contributed by atoms with E-state index in [0.717, 1.165) is 41.1 Å². The zero-order chi connectivity index (χ0) is 13.1. The largest absolute Gasteiger partial charge is 0.469 e. The molecule has 1 aliphatic heterocycles. The first-order valence-electron chi connectivity index (χ1n) is 5.84. The van der Waals surface area contributed by atoms with Gasteiger partial charge in [-0.2, -0.15) is 0 Å². The normalized spacial score (nSPS) is 20.1. The lowest BCUT2D eigenvalue weighted by Gasteiger charge is -2.16. The van der Waals surface area contributed by atoms with Crippen molar-refractivity contribution in [2.24, 2.45) is 5.92 Å². The van der Waals surface area contributed by atoms with Gasteiger partial charge in [0.25, 0.3) is 0 Å². The second-order valence-corrected chi connectivity index (χ2v) is 5.80. The molecule has 1 saturated heterocycles. The van der Waals surface area contributed by atoms with Gasteiger partial charge in [0.15, 0.2) is 0 Å². The first-order chi connectivity index (χ1) is 8.60. The number of likely N-dealkylation sites (tertiary alicyclic amines) is 1. The van der Waals surface area contributed by atoms with Crippen molar-refractivity contribution in [2.75, 3.05) is 20.2 Å². The molecule has 0 amide bonds. The lowest BCUT2D eigenvalue weighted by Crippen LogP contribution is -2.23. The maximum atomic E-state index is 11.4. The third kappa shape index (κ3) is 3.25. The monoisotopic (exact) mass is 331 g/mol. The van der Waals surface area contributed by atoms with Gasteiger partial charge in [0.1, 0.15) is 0 Å². The quantitative estimate of drug-likeness (QED) is 0.797. The van der Waals surface area contributed by atoms with Crippen LogP contribution in [0.25, 0.3) is 0 Å². The molecule has 0 bridgehead atoms. The van der Waals surface area contributed by atoms with Crippen molar-refractivity contribution in [1.29, 1.82) is 0 Å². The van der Waals surface area contributed by atoms with Crippen molar-refractivity contribution in [2.45, 2.75) is 13.0 Å². The zero-order valence-corrected chi connectivity index (χ0v) is 12.5. The van der Waals surface area contributed by atoms with E-state index in [-0.39, 0.29) is 11.9 Å². The second kappa shape index (κ2) is 6.04. The summed E-state index contributed by atoms with van der Waals surface area (Å²) < 4.78 is 5.75. The molecule has 1 aromatic rings. The fourth-order valence-electron chi connectivity index (χ4n) is 2.23. The smallest absolute Gasteiger partial charge is 0.310 e. The number of halogens is 2. The molecule has 5 heteroatoms. The topological polar surface area (TPSA) is 29.5 Å². The Morgan fingerprint density at radius 2 is 2.39 bits per heavy atom. The van der Waals surface area contributed by atoms with Crippen LogP contribution in [0, 0.1) is 5.92 Å². The summed E-state index contributed by atoms with van der Waals surface area (Å²) in [5.74, 6) is -0.108. The number of carbonyl (C=O) groups is 1. The van der Waals surface area contributed by atoms with Gasteiger partial charge in [0, 0.05) is 22.6 Å². The maximum Gasteiger partial charge on any atom is 0.310 e. The van der Waals surface area contributed by atoms with E-state index in [1.807, 2.05) is 18.2 Å². The van der Waals surface area contributed by atoms with E-state index < -0.39 is 0 Å². The molecule has 2 rings (SSSR count). The van der Waals surface area contributed by atoms with E-state index in [1.165, 1.54) is 7.11 Å². The van der Waals surface area contributed by atoms with Crippen molar-refractivity contribution in [3.63, 3.8) is 0 Å². The van der Waals surface area contributed by atoms with Gasteiger partial charge >= 0.3 is 5.97 Å². The molecule has 1 unspecified atom stereocenters. The lowest BCUT2D eigenvalue weighted by atomic mass is 10.1. The Morgan fingerprint density at radius 1 is 1.61 bits per heavy atom. The Morgan fingerprint density at radius 3 is 3.06 bits per heavy atom. The predicted molar refractivity (Wildman–Crippen MR) is 74.6 cm³/mol. The van der Waals surface area contributed by atoms with Gasteiger partial charge in [-0.25, -0.2) is 0 Å². The van der Waals surface area contributed by atoms with E-state index in [1.54, 1.807) is 0 Å². The molecule has 0 N–H and O–H groups in total. The highest BCUT2D eigenvalue weighted by atomic mass is 79.9. The second-order valence-electron chi connectivity index (χ2n) is 4.48. The van der Waals surface area contributed by atoms with Gasteiger partial charge in [-0.05, 0) is 30.7 Å². The molecule has 0 spiro atoms. The maximum absolute atomic E-state index is 11.4. The van der Waals surface area contributed by atoms with Crippen LogP contribution in [0.3, 0.4) is 0 Å². The van der Waals surface area contributed by atoms with E-state index in [0.29, 0.717) is 0 Å². The van der Waals surface area contributed by atoms with Crippen LogP contribution >= 0.6 is 27.5 Å². The van der Waals surface area contributed by atoms with Gasteiger partial charge < -0.3 is 4.74 Å². The first-order valence-corrected chi connectivity index (χ1v) is 7.01. The summed E-state index contributed by atoms with van der Waals surface area (Å²) in [4.78, 5) is 13.7. The third-order valence-electron chi connectivity index (χ3n) is 3.22. The van der Waals surface area contributed by atoms with Crippen LogP contribution < -0.4 is 0 Å². The van der Waals surface area contributed by atoms with Gasteiger partial charge in [0.05, 0.1) is 13.0 Å². The van der Waals surface area contributed by atoms with Crippen LogP contribution in [0.4, 0.5) is 0 Å². The minimum absolute atomic E-state index is 0.00391. The fourth-order valence-corrected chi connectivity index (χ4v) is 2.96. The van der Waals surface area contributed by atoms with Crippen molar-refractivity contribution in [3.05, 3.63) is 33.3 Å². The molecule has 1 aromatic carbocycles. The average molecular weight is 333 g/mol. The minimum Gasteiger partial charge on any atom is -0.469 e. The number of esters is 1. The van der Waals surface area contributed by atoms with Crippen molar-refractivity contribution in [3.8, 4) is 0 Å². The number of benzene rings is 1. The Kier molecular flexibility index (Phi) is 4.65. The Labute approximate surface area is 120 Å². The standard InChI is InChI=1S/C13H15BrClNO2/c1-18-13(17)10-4-5-16(8-10)7-9-2-3-11(14)6-12(9)15/h2-3,6,10H,4-5,7-8H2,1H3. The number of rotatable bonds is 3. The molecular formula is C13H15BrClNO2. The van der Waals surface area contributed by atoms with Gasteiger partial charge in [-0.3, -0.25) is 9.69 Å². The summed E-state index contributed by atoms with van der Waals surface area (Å²) in [5.41, 5.74) is 1.09. The van der Waals surface area contributed by atoms with E-state index in [9.17, 15) is 4.79 Å². The van der Waals surface area contributed by atoms with Gasteiger partial charge in [0.2, 0.25) is 0 Å². The highest BCUT2D eigenvalue weighted by molar-refractivity contribution is 9.10. The van der Waals surface area contributed by atoms with Crippen molar-refractivity contribution in [1.82, 2.24) is 4.90 Å². The SMILES string of the molecule is COC(=O)C1CCN(Cc2ccc(Br)cc2Cl)C1. The molecule has 1 aliphatic rings. The van der Waals surface area contributed by atoms with Crippen LogP contribution in [0.2, 0.25) is 5.02 Å². The highest BCUT2D eigenvalue weighted by Crippen LogP contribution is 2.25. The summed E-state index contributed by atoms with van der Waals surface area (Å²) in [6, 6.07) is 5.89. The zero-order valence-electron chi connectivity index (χ0n) is 10.2. The van der Waals surface area contributed by atoms with E-state index >= 15 is 0 Å². The lowest BCUT2D eigenvalue weighted by molar-refractivity contribution is -0.144. The molecule has 0 aliphatic carbocycles. The first kappa shape index (κ1) is 13.8. The fraction of sp³-hybridized carbons (Fsp3) is 0.462. The molecule has 1 heterocycles. The number of ether oxygens (including phenoxy) is 1. The number of hydrogen-bond acceptors (Lipinski definition) is 3. The summed E-state index contributed by atoms with van der Waals surface area (Å²) in [6.45, 7) is 2.44. The third-order valence-corrected chi connectivity index (χ3v) is 4.06. The average Bonchev–Trinajstić information content (AvgIpc) is 2.80. The summed E-state index contributed by atoms with van der Waals surface area (Å²) in [5, 5.41) is 0.755. The van der Waals surface area contributed by atoms with Crippen LogP contribution in [-0.4, -0.2) is 31.1 Å². The number of carbonyl (C=O) groups excluding carboxylic acids is 1. The molecular weight excluding hydrogens is 318 g/mol. The van der Waals surface area contributed by atoms with Crippen LogP contribution in [0.5, 0.6) is 0 Å². The molecule has 18 heavy (non-hydrogen) atoms. The Balaban J connectivity index is 1.97. The molecule has 3 nitrogen and oxygen atoms in total. The van der Waals surface area contributed by atoms with Crippen molar-refractivity contribution >= 4 is 33.5 Å². The molecule has 0 radical (unpaired) electrons. The summed E-state index contributed by atoms with van der Waals surface area (Å²) in [6.07, 6.45) is 0.862. The number of nitrogens with zero attached hydrogens (tertiary/aromatic N) is 1. The number of methoxy groups -OCH3 is 1. The summed E-state index contributed by atoms with van der Waals surface area (Å²) >= 11 is 9.57. The van der Waals surface area contributed by atoms with E-state index in [4.69, 9.17) is 16.3 Å². The molecule has 1 atom stereocenters. The molecule has 0 aromatic heterocycles. The van der Waals surface area contributed by atoms with Crippen molar-refractivity contribution < 1.29 is 9.53 Å². The van der Waals surface area contributed by atoms with Crippen LogP contribution in [0.1, 0.15) is 12.0 Å². The molecule has 1 fully saturated rings. The molecule has 98 valence electrons. The highest BCUT2D eigenvalue weighted by Gasteiger charge is 2.29. The Bertz CT molecular complexity index is 453. The van der Waals surface area contributed by atoms with Crippen LogP contribution in [-0.2, 0) is 16.1 Å². The summed E-state index contributed by atoms with van der Waals surface area (Å²) in [7, 11) is 1.44. The van der Waals surface area contributed by atoms with Gasteiger partial charge in [-0.1, -0.05) is 33.6 Å². The van der Waals surface area contributed by atoms with E-state index in [2.05, 4.69) is 20.8 Å². The Hall–Kier alpha value is -0.580. The predicted octanol–water partition coefficient (Wildman–Crippen LogP) is 3.10. The van der Waals surface area contributed by atoms with Crippen LogP contribution in [0.15, 0.2) is 22.7 Å².